The highest BCUT2D eigenvalue weighted by atomic mass is 32.1. The minimum absolute atomic E-state index is 0.00267. The molecule has 0 unspecified atom stereocenters. The van der Waals surface area contributed by atoms with Gasteiger partial charge in [0.15, 0.2) is 0 Å². The lowest BCUT2D eigenvalue weighted by Crippen LogP contribution is -2.46. The maximum Gasteiger partial charge on any atom is 0.319 e. The number of aliphatic hydroxyl groups excluding tert-OH is 1. The predicted octanol–water partition coefficient (Wildman–Crippen LogP) is 3.78. The highest BCUT2D eigenvalue weighted by Crippen LogP contribution is 2.50. The van der Waals surface area contributed by atoms with E-state index in [0.29, 0.717) is 24.7 Å². The van der Waals surface area contributed by atoms with E-state index >= 15 is 0 Å². The van der Waals surface area contributed by atoms with Gasteiger partial charge >= 0.3 is 6.03 Å². The molecule has 2 aromatic heterocycles. The van der Waals surface area contributed by atoms with Crippen LogP contribution in [0.25, 0.3) is 0 Å². The van der Waals surface area contributed by atoms with Gasteiger partial charge in [-0.25, -0.2) is 14.8 Å². The maximum absolute atomic E-state index is 12.3. The minimum atomic E-state index is -0.484. The third kappa shape index (κ3) is 4.75. The molecule has 2 heterocycles. The van der Waals surface area contributed by atoms with E-state index in [1.807, 2.05) is 18.4 Å². The number of carbonyl (C=O) groups excluding carboxylic acids is 1. The summed E-state index contributed by atoms with van der Waals surface area (Å²) in [5.74, 6) is 0.504. The fraction of sp³-hybridized carbons (Fsp3) is 0.591. The number of aromatic nitrogens is 2. The molecule has 0 aliphatic heterocycles. The van der Waals surface area contributed by atoms with Crippen molar-refractivity contribution < 1.29 is 9.90 Å². The molecular weight excluding hydrogens is 398 g/mol. The van der Waals surface area contributed by atoms with Gasteiger partial charge in [-0.15, -0.1) is 11.3 Å². The Morgan fingerprint density at radius 3 is 2.43 bits per heavy atom. The second-order valence-electron chi connectivity index (χ2n) is 8.73. The molecule has 1 aliphatic carbocycles. The number of hydrogen-bond acceptors (Lipinski definition) is 6. The topological polar surface area (TPSA) is 95.6 Å². The molecule has 2 amide bonds. The quantitative estimate of drug-likeness (QED) is 0.663. The number of likely N-dealkylation sites (N-methyl/N-ethyl adjacent to an activating group) is 1. The number of nitrogens with two attached hydrogens (primary N) is 1. The Labute approximate surface area is 182 Å². The molecule has 1 aliphatic rings. The summed E-state index contributed by atoms with van der Waals surface area (Å²) in [6.07, 6.45) is 8.73. The predicted molar refractivity (Wildman–Crippen MR) is 122 cm³/mol. The van der Waals surface area contributed by atoms with Gasteiger partial charge in [0.25, 0.3) is 0 Å². The highest BCUT2D eigenvalue weighted by molar-refractivity contribution is 7.10. The molecular formula is C22H33N5O2S. The molecule has 2 aromatic rings. The van der Waals surface area contributed by atoms with E-state index in [2.05, 4.69) is 41.3 Å². The number of rotatable bonds is 8. The molecule has 0 aromatic carbocycles. The van der Waals surface area contributed by atoms with Crippen LogP contribution in [0.15, 0.2) is 29.9 Å². The molecule has 0 radical (unpaired) electrons. The monoisotopic (exact) mass is 431 g/mol. The van der Waals surface area contributed by atoms with Crippen LogP contribution in [0, 0.1) is 5.41 Å². The second-order valence-corrected chi connectivity index (χ2v) is 9.68. The lowest BCUT2D eigenvalue weighted by molar-refractivity contribution is 0.147. The Hall–Kier alpha value is -2.19. The van der Waals surface area contributed by atoms with Crippen molar-refractivity contribution in [1.82, 2.24) is 9.97 Å². The number of urea groups is 1. The van der Waals surface area contributed by atoms with Crippen LogP contribution in [-0.4, -0.2) is 47.8 Å². The average Bonchev–Trinajstić information content (AvgIpc) is 3.29. The van der Waals surface area contributed by atoms with E-state index in [1.54, 1.807) is 22.2 Å². The summed E-state index contributed by atoms with van der Waals surface area (Å²) < 4.78 is 0. The summed E-state index contributed by atoms with van der Waals surface area (Å²) >= 11 is 1.86. The van der Waals surface area contributed by atoms with Gasteiger partial charge in [0.05, 0.1) is 24.7 Å². The van der Waals surface area contributed by atoms with Crippen molar-refractivity contribution in [3.8, 4) is 0 Å². The van der Waals surface area contributed by atoms with Crippen molar-refractivity contribution in [2.75, 3.05) is 36.5 Å². The van der Waals surface area contributed by atoms with Crippen molar-refractivity contribution in [1.29, 1.82) is 0 Å². The number of hydrogen-bond donors (Lipinski definition) is 2. The molecule has 164 valence electrons. The van der Waals surface area contributed by atoms with E-state index in [-0.39, 0.29) is 17.4 Å². The van der Waals surface area contributed by atoms with Crippen molar-refractivity contribution in [3.63, 3.8) is 0 Å². The highest BCUT2D eigenvalue weighted by Gasteiger charge is 2.42. The Bertz CT molecular complexity index is 817. The molecule has 0 spiro atoms. The van der Waals surface area contributed by atoms with Crippen LogP contribution >= 0.6 is 11.3 Å². The summed E-state index contributed by atoms with van der Waals surface area (Å²) in [6.45, 7) is 5.56. The second kappa shape index (κ2) is 9.31. The third-order valence-corrected chi connectivity index (χ3v) is 7.77. The Balaban J connectivity index is 1.72. The molecule has 30 heavy (non-hydrogen) atoms. The van der Waals surface area contributed by atoms with Crippen LogP contribution in [-0.2, 0) is 5.41 Å². The molecule has 1 saturated carbocycles. The van der Waals surface area contributed by atoms with Crippen LogP contribution in [0.2, 0.25) is 0 Å². The molecule has 3 N–H and O–H groups in total. The molecule has 0 atom stereocenters. The molecule has 1 fully saturated rings. The number of anilines is 2. The summed E-state index contributed by atoms with van der Waals surface area (Å²) in [7, 11) is 1.81. The van der Waals surface area contributed by atoms with Gasteiger partial charge in [0, 0.05) is 30.4 Å². The fourth-order valence-electron chi connectivity index (χ4n) is 4.42. The van der Waals surface area contributed by atoms with E-state index < -0.39 is 6.03 Å². The number of amides is 2. The molecule has 0 bridgehead atoms. The normalized spacial score (nSPS) is 23.9. The SMILES string of the molecule is CCC1(c2cccs2)CCC(C)(CN(C(N)=O)c2cnc(N(C)CCO)nc2)CC1. The van der Waals surface area contributed by atoms with Gasteiger partial charge in [-0.3, -0.25) is 4.90 Å². The Morgan fingerprint density at radius 1 is 1.27 bits per heavy atom. The zero-order valence-corrected chi connectivity index (χ0v) is 19.0. The lowest BCUT2D eigenvalue weighted by Gasteiger charge is -2.46. The number of primary amides is 1. The van der Waals surface area contributed by atoms with Crippen LogP contribution in [0.3, 0.4) is 0 Å². The zero-order chi connectivity index (χ0) is 21.8. The average molecular weight is 432 g/mol. The number of nitrogens with zero attached hydrogens (tertiary/aromatic N) is 4. The summed E-state index contributed by atoms with van der Waals surface area (Å²) in [5, 5.41) is 11.2. The van der Waals surface area contributed by atoms with Crippen LogP contribution in [0.5, 0.6) is 0 Å². The van der Waals surface area contributed by atoms with Crippen LogP contribution < -0.4 is 15.5 Å². The first-order valence-electron chi connectivity index (χ1n) is 10.6. The van der Waals surface area contributed by atoms with E-state index in [4.69, 9.17) is 10.8 Å². The van der Waals surface area contributed by atoms with Gasteiger partial charge in [-0.05, 0) is 49.0 Å². The van der Waals surface area contributed by atoms with E-state index in [0.717, 1.165) is 32.1 Å². The lowest BCUT2D eigenvalue weighted by atomic mass is 9.62. The van der Waals surface area contributed by atoms with Crippen LogP contribution in [0.4, 0.5) is 16.4 Å². The first-order valence-corrected chi connectivity index (χ1v) is 11.5. The Morgan fingerprint density at radius 2 is 1.93 bits per heavy atom. The summed E-state index contributed by atoms with van der Waals surface area (Å²) in [6, 6.07) is 3.92. The zero-order valence-electron chi connectivity index (χ0n) is 18.2. The van der Waals surface area contributed by atoms with Crippen LogP contribution in [0.1, 0.15) is 50.8 Å². The van der Waals surface area contributed by atoms with E-state index in [9.17, 15) is 4.79 Å². The number of carbonyl (C=O) groups is 1. The summed E-state index contributed by atoms with van der Waals surface area (Å²) in [4.78, 5) is 25.8. The van der Waals surface area contributed by atoms with Crippen molar-refractivity contribution in [2.45, 2.75) is 51.4 Å². The van der Waals surface area contributed by atoms with Gasteiger partial charge in [-0.2, -0.15) is 0 Å². The van der Waals surface area contributed by atoms with Gasteiger partial charge < -0.3 is 15.7 Å². The minimum Gasteiger partial charge on any atom is -0.395 e. The van der Waals surface area contributed by atoms with Crippen molar-refractivity contribution in [2.24, 2.45) is 11.1 Å². The fourth-order valence-corrected chi connectivity index (χ4v) is 5.48. The number of thiophene rings is 1. The first kappa shape index (κ1) is 22.5. The van der Waals surface area contributed by atoms with Gasteiger partial charge in [-0.1, -0.05) is 19.9 Å². The molecule has 8 heteroatoms. The van der Waals surface area contributed by atoms with Gasteiger partial charge in [0.1, 0.15) is 0 Å². The number of aliphatic hydroxyl groups is 1. The van der Waals surface area contributed by atoms with Gasteiger partial charge in [0.2, 0.25) is 5.95 Å². The molecule has 3 rings (SSSR count). The smallest absolute Gasteiger partial charge is 0.319 e. The van der Waals surface area contributed by atoms with E-state index in [1.165, 1.54) is 4.88 Å². The standard InChI is InChI=1S/C22H33N5O2S/c1-4-22(18-6-5-13-30-18)9-7-21(2,8-10-22)16-27(19(23)29)17-14-24-20(25-15-17)26(3)11-12-28/h5-6,13-15,28H,4,7-12,16H2,1-3H3,(H2,23,29). The Kier molecular flexibility index (Phi) is 6.98. The summed E-state index contributed by atoms with van der Waals surface area (Å²) in [5.41, 5.74) is 6.60. The first-order chi connectivity index (χ1) is 14.3. The third-order valence-electron chi connectivity index (χ3n) is 6.65. The molecule has 7 nitrogen and oxygen atoms in total. The largest absolute Gasteiger partial charge is 0.395 e. The molecule has 0 saturated heterocycles. The maximum atomic E-state index is 12.3. The van der Waals surface area contributed by atoms with Crippen molar-refractivity contribution in [3.05, 3.63) is 34.8 Å². The van der Waals surface area contributed by atoms with Crippen molar-refractivity contribution >= 4 is 29.0 Å².